The van der Waals surface area contributed by atoms with Gasteiger partial charge in [-0.1, -0.05) is 47.8 Å². The molecule has 3 N–H and O–H groups in total. The maximum atomic E-state index is 12.5. The lowest BCUT2D eigenvalue weighted by Crippen LogP contribution is -2.46. The lowest BCUT2D eigenvalue weighted by atomic mass is 9.92. The van der Waals surface area contributed by atoms with Crippen molar-refractivity contribution in [2.45, 2.75) is 54.5 Å². The predicted molar refractivity (Wildman–Crippen MR) is 159 cm³/mol. The Morgan fingerprint density at radius 1 is 0.667 bits per heavy atom. The Morgan fingerprint density at radius 2 is 1.15 bits per heavy atom. The van der Waals surface area contributed by atoms with Gasteiger partial charge in [0, 0.05) is 17.4 Å². The minimum absolute atomic E-state index is 0.0374. The third-order valence-electron chi connectivity index (χ3n) is 4.69. The molecule has 0 bridgehead atoms. The van der Waals surface area contributed by atoms with Crippen LogP contribution in [0.2, 0.25) is 0 Å². The molecular weight excluding hydrogens is 712 g/mol. The molecule has 0 aromatic rings. The fourth-order valence-electron chi connectivity index (χ4n) is 2.62. The van der Waals surface area contributed by atoms with Gasteiger partial charge in [0.2, 0.25) is 5.91 Å². The molecule has 0 spiro atoms. The van der Waals surface area contributed by atoms with Crippen molar-refractivity contribution in [3.8, 4) is 0 Å². The third-order valence-corrected chi connectivity index (χ3v) is 5.56. The van der Waals surface area contributed by atoms with Crippen LogP contribution in [0.4, 0.5) is 0 Å². The summed E-state index contributed by atoms with van der Waals surface area (Å²) in [5.41, 5.74) is 4.27. The van der Waals surface area contributed by atoms with Crippen molar-refractivity contribution in [2.24, 2.45) is 11.1 Å². The monoisotopic (exact) mass is 754 g/mol. The van der Waals surface area contributed by atoms with E-state index in [2.05, 4.69) is 53.1 Å². The van der Waals surface area contributed by atoms with Crippen LogP contribution >= 0.6 is 47.8 Å². The molecule has 0 fully saturated rings. The number of alkyl halides is 3. The molecule has 1 amide bonds. The van der Waals surface area contributed by atoms with Crippen molar-refractivity contribution in [3.05, 3.63) is 0 Å². The number of carbonyl (C=O) groups excluding carboxylic acids is 3. The number of halogens is 3. The maximum Gasteiger partial charge on any atom is 0.322 e. The van der Waals surface area contributed by atoms with E-state index >= 15 is 0 Å². The van der Waals surface area contributed by atoms with Crippen molar-refractivity contribution >= 4 is 65.6 Å². The molecule has 11 nitrogen and oxygen atoms in total. The van der Waals surface area contributed by atoms with Crippen LogP contribution in [0.1, 0.15) is 41.5 Å². The Morgan fingerprint density at radius 3 is 1.62 bits per heavy atom. The summed E-state index contributed by atoms with van der Waals surface area (Å²) < 4.78 is 31.2. The number of nitrogens with two attached hydrogens (primary N) is 1. The molecule has 0 saturated heterocycles. The molecule has 14 heteroatoms. The first kappa shape index (κ1) is 38.6. The predicted octanol–water partition coefficient (Wildman–Crippen LogP) is 2.72. The largest absolute Gasteiger partial charge is 0.464 e. The highest BCUT2D eigenvalue weighted by Gasteiger charge is 2.39. The summed E-state index contributed by atoms with van der Waals surface area (Å²) in [6.45, 7) is 12.6. The van der Waals surface area contributed by atoms with Crippen LogP contribution in [0.3, 0.4) is 0 Å². The van der Waals surface area contributed by atoms with Crippen molar-refractivity contribution < 1.29 is 42.8 Å². The second-order valence-corrected chi connectivity index (χ2v) is 16.8. The van der Waals surface area contributed by atoms with Crippen molar-refractivity contribution in [2.75, 3.05) is 79.2 Å². The zero-order valence-corrected chi connectivity index (χ0v) is 28.6. The number of esters is 2. The van der Waals surface area contributed by atoms with Crippen LogP contribution in [0.15, 0.2) is 0 Å². The zero-order valence-electron chi connectivity index (χ0n) is 23.9. The van der Waals surface area contributed by atoms with Crippen molar-refractivity contribution in [1.82, 2.24) is 5.32 Å². The van der Waals surface area contributed by atoms with Gasteiger partial charge in [0.1, 0.15) is 28.5 Å². The van der Waals surface area contributed by atoms with Gasteiger partial charge in [-0.15, -0.1) is 0 Å². The summed E-state index contributed by atoms with van der Waals surface area (Å²) in [4.78, 5) is 37.3. The first-order valence-corrected chi connectivity index (χ1v) is 15.0. The van der Waals surface area contributed by atoms with Crippen molar-refractivity contribution in [1.29, 1.82) is 0 Å². The molecule has 0 rings (SSSR count). The molecule has 230 valence electrons. The lowest BCUT2D eigenvalue weighted by molar-refractivity contribution is -0.166. The second kappa shape index (κ2) is 19.0. The fraction of sp³-hybridized carbons (Fsp3) is 0.880. The van der Waals surface area contributed by atoms with E-state index in [1.165, 1.54) is 0 Å². The van der Waals surface area contributed by atoms with Gasteiger partial charge in [-0.25, -0.2) is 0 Å². The normalized spacial score (nSPS) is 12.8. The van der Waals surface area contributed by atoms with Gasteiger partial charge in [-0.3, -0.25) is 14.4 Å². The minimum Gasteiger partial charge on any atom is -0.464 e. The summed E-state index contributed by atoms with van der Waals surface area (Å²) in [5.74, 6) is -1.37. The molecule has 0 saturated carbocycles. The van der Waals surface area contributed by atoms with Gasteiger partial charge in [0.15, 0.2) is 0 Å². The summed E-state index contributed by atoms with van der Waals surface area (Å²) in [6, 6.07) is 0. The average molecular weight is 757 g/mol. The Hall–Kier alpha value is -0.350. The number of hydrogen-bond acceptors (Lipinski definition) is 10. The number of hydrogen-bond donors (Lipinski definition) is 2. The van der Waals surface area contributed by atoms with Crippen LogP contribution in [0.5, 0.6) is 0 Å². The molecule has 0 radical (unpaired) electrons. The van der Waals surface area contributed by atoms with Gasteiger partial charge in [-0.2, -0.15) is 0 Å². The molecule has 0 aliphatic rings. The van der Waals surface area contributed by atoms with Crippen LogP contribution < -0.4 is 11.1 Å². The first-order chi connectivity index (χ1) is 17.9. The van der Waals surface area contributed by atoms with E-state index < -0.39 is 26.0 Å². The van der Waals surface area contributed by atoms with Crippen LogP contribution in [0, 0.1) is 5.41 Å². The first-order valence-electron chi connectivity index (χ1n) is 12.6. The standard InChI is InChI=1S/C25H45Br3N2O9/c1-22(2,26)14-37-16-25(17-38-20(32)23(3,4)27,18-39-21(33)24(5,6)28)15-36-13-19(31)30-8-10-35-12-11-34-9-7-29/h7-18,29H2,1-6H3,(H,30,31). The van der Waals surface area contributed by atoms with Crippen LogP contribution in [-0.2, 0) is 42.8 Å². The lowest BCUT2D eigenvalue weighted by Gasteiger charge is -2.34. The fourth-order valence-corrected chi connectivity index (χ4v) is 3.01. The summed E-state index contributed by atoms with van der Waals surface area (Å²) in [5, 5.41) is 2.70. The summed E-state index contributed by atoms with van der Waals surface area (Å²) in [7, 11) is 0. The van der Waals surface area contributed by atoms with Crippen LogP contribution in [-0.4, -0.2) is 110 Å². The topological polar surface area (TPSA) is 145 Å². The number of ether oxygens (including phenoxy) is 6. The van der Waals surface area contributed by atoms with E-state index in [-0.39, 0.29) is 43.3 Å². The Balaban J connectivity index is 5.24. The zero-order chi connectivity index (χ0) is 30.2. The molecule has 0 aromatic carbocycles. The highest BCUT2D eigenvalue weighted by Crippen LogP contribution is 2.27. The average Bonchev–Trinajstić information content (AvgIpc) is 2.80. The molecule has 0 heterocycles. The summed E-state index contributed by atoms with van der Waals surface area (Å²) in [6.07, 6.45) is 0. The Bertz CT molecular complexity index is 706. The van der Waals surface area contributed by atoms with Gasteiger partial charge >= 0.3 is 11.9 Å². The SMILES string of the molecule is CC(C)(Br)COCC(COCC(=O)NCCOCCOCCN)(COC(=O)C(C)(C)Br)COC(=O)C(C)(C)Br. The summed E-state index contributed by atoms with van der Waals surface area (Å²) >= 11 is 10.1. The van der Waals surface area contributed by atoms with Crippen LogP contribution in [0.25, 0.3) is 0 Å². The number of carbonyl (C=O) groups is 3. The second-order valence-electron chi connectivity index (χ2n) is 10.7. The van der Waals surface area contributed by atoms with Crippen molar-refractivity contribution in [3.63, 3.8) is 0 Å². The highest BCUT2D eigenvalue weighted by atomic mass is 79.9. The maximum absolute atomic E-state index is 12.5. The molecule has 0 aliphatic carbocycles. The third kappa shape index (κ3) is 20.2. The van der Waals surface area contributed by atoms with E-state index in [4.69, 9.17) is 34.2 Å². The van der Waals surface area contributed by atoms with Gasteiger partial charge in [0.25, 0.3) is 0 Å². The Kier molecular flexibility index (Phi) is 18.8. The smallest absolute Gasteiger partial charge is 0.322 e. The van der Waals surface area contributed by atoms with E-state index in [1.807, 2.05) is 13.8 Å². The van der Waals surface area contributed by atoms with E-state index in [1.54, 1.807) is 27.7 Å². The number of amides is 1. The van der Waals surface area contributed by atoms with E-state index in [0.29, 0.717) is 46.1 Å². The Labute approximate surface area is 257 Å². The quantitative estimate of drug-likeness (QED) is 0.0962. The van der Waals surface area contributed by atoms with E-state index in [9.17, 15) is 14.4 Å². The number of rotatable bonds is 22. The van der Waals surface area contributed by atoms with Gasteiger partial charge in [-0.05, 0) is 41.5 Å². The van der Waals surface area contributed by atoms with Gasteiger partial charge in [0.05, 0.1) is 51.7 Å². The molecule has 0 atom stereocenters. The highest BCUT2D eigenvalue weighted by molar-refractivity contribution is 9.10. The molecular formula is C25H45Br3N2O9. The minimum atomic E-state index is -1.08. The van der Waals surface area contributed by atoms with E-state index in [0.717, 1.165) is 0 Å². The van der Waals surface area contributed by atoms with Gasteiger partial charge < -0.3 is 39.5 Å². The molecule has 0 aromatic heterocycles. The number of nitrogens with one attached hydrogen (secondary N) is 1. The molecule has 39 heavy (non-hydrogen) atoms. The molecule has 0 unspecified atom stereocenters. The molecule has 0 aliphatic heterocycles.